The Balaban J connectivity index is 1.40. The summed E-state index contributed by atoms with van der Waals surface area (Å²) in [5, 5.41) is 9.73. The second kappa shape index (κ2) is 12.1. The number of thiophene rings is 1. The molecule has 3 atom stereocenters. The van der Waals surface area contributed by atoms with E-state index in [1.54, 1.807) is 16.8 Å². The molecule has 0 bridgehead atoms. The first-order valence-electron chi connectivity index (χ1n) is 15.7. The summed E-state index contributed by atoms with van der Waals surface area (Å²) in [5.74, 6) is -0.953. The molecule has 3 aliphatic heterocycles. The molecule has 4 aromatic rings. The van der Waals surface area contributed by atoms with Crippen LogP contribution in [0.1, 0.15) is 36.9 Å². The lowest BCUT2D eigenvalue weighted by molar-refractivity contribution is -0.140. The maximum Gasteiger partial charge on any atom is 0.433 e. The first-order valence-corrected chi connectivity index (χ1v) is 16.5. The Bertz CT molecular complexity index is 2050. The minimum Gasteiger partial charge on any atom is -0.461 e. The maximum atomic E-state index is 14.9. The summed E-state index contributed by atoms with van der Waals surface area (Å²) in [6, 6.07) is 4.81. The Labute approximate surface area is 281 Å². The SMILES string of the molecule is C=CC(=O)N1CCC(N(C)c2nc(OCC34CCCN3CC(F)C4)nc3cc(-c4ccc(F)c5sc(N)c(C#N)c45)c(C(F)(F)F)nc23)C1. The highest BCUT2D eigenvalue weighted by Crippen LogP contribution is 2.46. The molecule has 2 N–H and O–H groups in total. The van der Waals surface area contributed by atoms with Crippen molar-refractivity contribution >= 4 is 49.2 Å². The molecule has 0 saturated carbocycles. The molecule has 3 saturated heterocycles. The van der Waals surface area contributed by atoms with Gasteiger partial charge in [0.25, 0.3) is 0 Å². The number of rotatable bonds is 7. The normalized spacial score (nSPS) is 22.5. The standard InChI is InChI=1S/C33H31F5N8O2S/c1-3-24(47)45-10-7-18(15-45)44(2)30-26-23(41-31(43-30)48-16-32-8-4-9-46(32)14-17(34)12-32)11-20(28(42-26)33(36,37)38)19-5-6-22(35)27-25(19)21(13-39)29(40)49-27/h3,5-6,11,17-18H,1,4,7-10,12,14-16,40H2,2H3. The summed E-state index contributed by atoms with van der Waals surface area (Å²) < 4.78 is 80.1. The van der Waals surface area contributed by atoms with Crippen LogP contribution in [0, 0.1) is 17.1 Å². The monoisotopic (exact) mass is 698 g/mol. The molecule has 1 aromatic carbocycles. The van der Waals surface area contributed by atoms with E-state index in [1.807, 2.05) is 6.07 Å². The molecular weight excluding hydrogens is 667 g/mol. The number of nitrogen functional groups attached to an aromatic ring is 1. The predicted molar refractivity (Wildman–Crippen MR) is 174 cm³/mol. The number of ether oxygens (including phenoxy) is 1. The van der Waals surface area contributed by atoms with Crippen LogP contribution in [-0.2, 0) is 11.0 Å². The molecule has 3 fully saturated rings. The van der Waals surface area contributed by atoms with Gasteiger partial charge in [0.05, 0.1) is 21.3 Å². The molecule has 10 nitrogen and oxygen atoms in total. The predicted octanol–water partition coefficient (Wildman–Crippen LogP) is 5.70. The highest BCUT2D eigenvalue weighted by Gasteiger charge is 2.49. The van der Waals surface area contributed by atoms with Gasteiger partial charge in [-0.05, 0) is 49.6 Å². The van der Waals surface area contributed by atoms with Crippen LogP contribution in [0.25, 0.3) is 32.2 Å². The van der Waals surface area contributed by atoms with Gasteiger partial charge < -0.3 is 20.3 Å². The highest BCUT2D eigenvalue weighted by molar-refractivity contribution is 7.23. The summed E-state index contributed by atoms with van der Waals surface area (Å²) in [5.41, 5.74) is 3.32. The van der Waals surface area contributed by atoms with Crippen LogP contribution in [0.15, 0.2) is 30.9 Å². The lowest BCUT2D eigenvalue weighted by atomic mass is 9.95. The number of pyridine rings is 1. The van der Waals surface area contributed by atoms with Crippen LogP contribution in [-0.4, -0.2) is 88.2 Å². The fourth-order valence-corrected chi connectivity index (χ4v) is 8.44. The van der Waals surface area contributed by atoms with Gasteiger partial charge in [0, 0.05) is 50.1 Å². The zero-order valence-electron chi connectivity index (χ0n) is 26.4. The van der Waals surface area contributed by atoms with Crippen LogP contribution >= 0.6 is 11.3 Å². The van der Waals surface area contributed by atoms with E-state index in [0.717, 1.165) is 36.8 Å². The van der Waals surface area contributed by atoms with Crippen LogP contribution in [0.4, 0.5) is 32.8 Å². The Morgan fingerprint density at radius 1 is 1.27 bits per heavy atom. The number of likely N-dealkylation sites (N-methyl/N-ethyl adjacent to an activating group) is 1. The van der Waals surface area contributed by atoms with E-state index < -0.39 is 35.0 Å². The largest absolute Gasteiger partial charge is 0.461 e. The van der Waals surface area contributed by atoms with E-state index in [2.05, 4.69) is 26.4 Å². The molecule has 6 heterocycles. The summed E-state index contributed by atoms with van der Waals surface area (Å²) in [6.07, 6.45) is -2.40. The van der Waals surface area contributed by atoms with Gasteiger partial charge in [-0.15, -0.1) is 11.3 Å². The number of anilines is 2. The van der Waals surface area contributed by atoms with E-state index in [1.165, 1.54) is 18.2 Å². The number of nitrogens with two attached hydrogens (primary N) is 1. The number of amides is 1. The van der Waals surface area contributed by atoms with Gasteiger partial charge in [0.1, 0.15) is 35.2 Å². The van der Waals surface area contributed by atoms with Crippen LogP contribution in [0.2, 0.25) is 0 Å². The first-order chi connectivity index (χ1) is 23.3. The van der Waals surface area contributed by atoms with E-state index in [0.29, 0.717) is 19.5 Å². The Morgan fingerprint density at radius 2 is 2.06 bits per heavy atom. The van der Waals surface area contributed by atoms with Gasteiger partial charge in [0.15, 0.2) is 11.5 Å². The Morgan fingerprint density at radius 3 is 2.80 bits per heavy atom. The van der Waals surface area contributed by atoms with Gasteiger partial charge in [-0.2, -0.15) is 28.4 Å². The number of halogens is 5. The number of aromatic nitrogens is 3. The molecule has 0 spiro atoms. The lowest BCUT2D eigenvalue weighted by Crippen LogP contribution is -2.43. The summed E-state index contributed by atoms with van der Waals surface area (Å²) >= 11 is 0.770. The zero-order chi connectivity index (χ0) is 34.8. The number of hydrogen-bond donors (Lipinski definition) is 1. The average molecular weight is 699 g/mol. The fourth-order valence-electron chi connectivity index (χ4n) is 7.49. The molecule has 1 amide bonds. The zero-order valence-corrected chi connectivity index (χ0v) is 27.2. The van der Waals surface area contributed by atoms with E-state index >= 15 is 0 Å². The van der Waals surface area contributed by atoms with Crippen molar-refractivity contribution in [3.63, 3.8) is 0 Å². The molecule has 3 aliphatic rings. The van der Waals surface area contributed by atoms with Crippen LogP contribution in [0.3, 0.4) is 0 Å². The van der Waals surface area contributed by atoms with E-state index in [9.17, 15) is 32.0 Å². The minimum absolute atomic E-state index is 0.00150. The number of alkyl halides is 4. The van der Waals surface area contributed by atoms with Crippen molar-refractivity contribution in [2.45, 2.75) is 49.6 Å². The Kier molecular flexibility index (Phi) is 8.10. The van der Waals surface area contributed by atoms with Crippen molar-refractivity contribution in [1.29, 1.82) is 5.26 Å². The van der Waals surface area contributed by atoms with Gasteiger partial charge in [0.2, 0.25) is 5.91 Å². The maximum absolute atomic E-state index is 14.9. The van der Waals surface area contributed by atoms with Crippen LogP contribution < -0.4 is 15.4 Å². The lowest BCUT2D eigenvalue weighted by Gasteiger charge is -2.31. The molecule has 3 aromatic heterocycles. The number of benzene rings is 1. The molecule has 49 heavy (non-hydrogen) atoms. The quantitative estimate of drug-likeness (QED) is 0.191. The molecule has 7 rings (SSSR count). The van der Waals surface area contributed by atoms with Crippen molar-refractivity contribution in [3.8, 4) is 23.2 Å². The number of fused-ring (bicyclic) bond motifs is 3. The first kappa shape index (κ1) is 32.9. The smallest absolute Gasteiger partial charge is 0.433 e. The van der Waals surface area contributed by atoms with Gasteiger partial charge in [-0.25, -0.2) is 13.8 Å². The van der Waals surface area contributed by atoms with Crippen molar-refractivity contribution in [3.05, 3.63) is 47.9 Å². The van der Waals surface area contributed by atoms with E-state index in [-0.39, 0.29) is 80.6 Å². The number of carbonyl (C=O) groups is 1. The average Bonchev–Trinajstić information content (AvgIpc) is 3.84. The van der Waals surface area contributed by atoms with Gasteiger partial charge in [-0.1, -0.05) is 12.6 Å². The molecule has 256 valence electrons. The number of nitriles is 1. The highest BCUT2D eigenvalue weighted by atomic mass is 32.1. The second-order valence-electron chi connectivity index (χ2n) is 12.7. The number of likely N-dealkylation sites (tertiary alicyclic amines) is 1. The second-order valence-corrected chi connectivity index (χ2v) is 13.8. The van der Waals surface area contributed by atoms with Crippen LogP contribution in [0.5, 0.6) is 6.01 Å². The number of hydrogen-bond acceptors (Lipinski definition) is 10. The third kappa shape index (κ3) is 5.58. The Hall–Kier alpha value is -4.62. The van der Waals surface area contributed by atoms with E-state index in [4.69, 9.17) is 10.5 Å². The summed E-state index contributed by atoms with van der Waals surface area (Å²) in [6.45, 7) is 5.32. The third-order valence-electron chi connectivity index (χ3n) is 9.88. The minimum atomic E-state index is -4.99. The van der Waals surface area contributed by atoms with Gasteiger partial charge >= 0.3 is 12.2 Å². The molecule has 0 radical (unpaired) electrons. The third-order valence-corrected chi connectivity index (χ3v) is 10.9. The van der Waals surface area contributed by atoms with Crippen molar-refractivity contribution in [1.82, 2.24) is 24.8 Å². The summed E-state index contributed by atoms with van der Waals surface area (Å²) in [4.78, 5) is 30.8. The molecule has 0 aliphatic carbocycles. The number of nitrogens with zero attached hydrogens (tertiary/aromatic N) is 7. The van der Waals surface area contributed by atoms with Crippen molar-refractivity contribution in [2.75, 3.05) is 50.5 Å². The number of carbonyl (C=O) groups excluding carboxylic acids is 1. The molecule has 16 heteroatoms. The van der Waals surface area contributed by atoms with Crippen molar-refractivity contribution < 1.29 is 31.5 Å². The summed E-state index contributed by atoms with van der Waals surface area (Å²) in [7, 11) is 1.65. The molecule has 3 unspecified atom stereocenters. The molecular formula is C33H31F5N8O2S. The fraction of sp³-hybridized carbons (Fsp3) is 0.424. The topological polar surface area (TPSA) is 125 Å². The van der Waals surface area contributed by atoms with Gasteiger partial charge in [-0.3, -0.25) is 9.69 Å². The van der Waals surface area contributed by atoms with Crippen molar-refractivity contribution in [2.24, 2.45) is 0 Å².